The van der Waals surface area contributed by atoms with E-state index in [0.29, 0.717) is 0 Å². The molecule has 0 aromatic carbocycles. The highest BCUT2D eigenvalue weighted by atomic mass is 79.9. The molecule has 0 fully saturated rings. The van der Waals surface area contributed by atoms with E-state index in [1.165, 1.54) is 14.2 Å². The number of imidazole rings is 1. The van der Waals surface area contributed by atoms with Crippen molar-refractivity contribution in [2.45, 2.75) is 20.0 Å². The smallest absolute Gasteiger partial charge is 0.0922 e. The summed E-state index contributed by atoms with van der Waals surface area (Å²) in [5.74, 6) is 0. The van der Waals surface area contributed by atoms with Gasteiger partial charge in [0.05, 0.1) is 6.33 Å². The molecule has 0 unspecified atom stereocenters. The predicted octanol–water partition coefficient (Wildman–Crippen LogP) is 2.83. The highest BCUT2D eigenvalue weighted by Crippen LogP contribution is 2.26. The molecule has 0 radical (unpaired) electrons. The Labute approximate surface area is 101 Å². The zero-order valence-electron chi connectivity index (χ0n) is 8.38. The average molecular weight is 286 g/mol. The van der Waals surface area contributed by atoms with Gasteiger partial charge in [0.25, 0.3) is 0 Å². The lowest BCUT2D eigenvalue weighted by atomic mass is 10.4. The monoisotopic (exact) mass is 285 g/mol. The van der Waals surface area contributed by atoms with E-state index in [-0.39, 0.29) is 0 Å². The van der Waals surface area contributed by atoms with Crippen molar-refractivity contribution in [1.82, 2.24) is 15.3 Å². The van der Waals surface area contributed by atoms with E-state index in [1.807, 2.05) is 17.5 Å². The summed E-state index contributed by atoms with van der Waals surface area (Å²) >= 11 is 5.33. The Balaban J connectivity index is 1.83. The first-order valence-electron chi connectivity index (χ1n) is 4.68. The van der Waals surface area contributed by atoms with Crippen LogP contribution in [-0.2, 0) is 13.1 Å². The van der Waals surface area contributed by atoms with Gasteiger partial charge in [-0.2, -0.15) is 0 Å². The maximum absolute atomic E-state index is 3.97. The van der Waals surface area contributed by atoms with Crippen LogP contribution in [0.5, 0.6) is 0 Å². The molecule has 0 spiro atoms. The quantitative estimate of drug-likeness (QED) is 0.907. The standard InChI is InChI=1S/C10H12BrN3S/c1-7-10(11)2-9(15-7)5-12-3-8-4-13-6-14-8/h2,4,6,12H,3,5H2,1H3,(H,13,14). The Morgan fingerprint density at radius 1 is 1.53 bits per heavy atom. The third-order valence-electron chi connectivity index (χ3n) is 2.08. The molecule has 2 N–H and O–H groups in total. The van der Waals surface area contributed by atoms with Crippen molar-refractivity contribution in [2.75, 3.05) is 0 Å². The number of thiophene rings is 1. The second-order valence-corrected chi connectivity index (χ2v) is 5.49. The van der Waals surface area contributed by atoms with Crippen LogP contribution in [0.1, 0.15) is 15.4 Å². The van der Waals surface area contributed by atoms with Crippen molar-refractivity contribution in [3.63, 3.8) is 0 Å². The van der Waals surface area contributed by atoms with E-state index in [4.69, 9.17) is 0 Å². The molecule has 0 amide bonds. The van der Waals surface area contributed by atoms with E-state index in [2.05, 4.69) is 44.2 Å². The summed E-state index contributed by atoms with van der Waals surface area (Å²) in [6, 6.07) is 2.17. The zero-order chi connectivity index (χ0) is 10.7. The maximum Gasteiger partial charge on any atom is 0.0922 e. The predicted molar refractivity (Wildman–Crippen MR) is 65.9 cm³/mol. The Morgan fingerprint density at radius 2 is 2.40 bits per heavy atom. The van der Waals surface area contributed by atoms with Gasteiger partial charge in [-0.3, -0.25) is 0 Å². The Bertz CT molecular complexity index is 402. The molecule has 15 heavy (non-hydrogen) atoms. The van der Waals surface area contributed by atoms with E-state index in [0.717, 1.165) is 18.8 Å². The molecular formula is C10H12BrN3S. The number of nitrogens with one attached hydrogen (secondary N) is 2. The van der Waals surface area contributed by atoms with Gasteiger partial charge in [0.15, 0.2) is 0 Å². The maximum atomic E-state index is 3.97. The minimum atomic E-state index is 0.828. The van der Waals surface area contributed by atoms with Crippen molar-refractivity contribution < 1.29 is 0 Å². The fourth-order valence-electron chi connectivity index (χ4n) is 1.31. The van der Waals surface area contributed by atoms with Crippen LogP contribution in [0, 0.1) is 6.92 Å². The van der Waals surface area contributed by atoms with Gasteiger partial charge in [-0.15, -0.1) is 11.3 Å². The van der Waals surface area contributed by atoms with Crippen LogP contribution in [0.3, 0.4) is 0 Å². The van der Waals surface area contributed by atoms with Crippen molar-refractivity contribution in [3.05, 3.63) is 38.5 Å². The average Bonchev–Trinajstić information content (AvgIpc) is 2.79. The van der Waals surface area contributed by atoms with Crippen LogP contribution >= 0.6 is 27.3 Å². The fraction of sp³-hybridized carbons (Fsp3) is 0.300. The number of H-pyrrole nitrogens is 1. The molecule has 2 aromatic heterocycles. The van der Waals surface area contributed by atoms with Gasteiger partial charge in [0.1, 0.15) is 0 Å². The Morgan fingerprint density at radius 3 is 3.00 bits per heavy atom. The van der Waals surface area contributed by atoms with Crippen LogP contribution in [0.4, 0.5) is 0 Å². The zero-order valence-corrected chi connectivity index (χ0v) is 10.8. The molecule has 0 atom stereocenters. The SMILES string of the molecule is Cc1sc(CNCc2cnc[nH]2)cc1Br. The molecule has 0 aliphatic heterocycles. The number of rotatable bonds is 4. The van der Waals surface area contributed by atoms with Gasteiger partial charge in [-0.05, 0) is 28.9 Å². The number of aryl methyl sites for hydroxylation is 1. The van der Waals surface area contributed by atoms with Gasteiger partial charge < -0.3 is 10.3 Å². The van der Waals surface area contributed by atoms with Gasteiger partial charge in [-0.25, -0.2) is 4.98 Å². The molecule has 2 rings (SSSR count). The van der Waals surface area contributed by atoms with E-state index in [1.54, 1.807) is 6.33 Å². The number of halogens is 1. The van der Waals surface area contributed by atoms with Crippen LogP contribution in [-0.4, -0.2) is 9.97 Å². The first-order valence-corrected chi connectivity index (χ1v) is 6.29. The minimum Gasteiger partial charge on any atom is -0.347 e. The summed E-state index contributed by atoms with van der Waals surface area (Å²) in [7, 11) is 0. The lowest BCUT2D eigenvalue weighted by Crippen LogP contribution is -2.11. The summed E-state index contributed by atoms with van der Waals surface area (Å²) in [6.45, 7) is 3.85. The molecule has 2 heterocycles. The third kappa shape index (κ3) is 2.90. The number of aromatic nitrogens is 2. The summed E-state index contributed by atoms with van der Waals surface area (Å²) in [5.41, 5.74) is 1.11. The summed E-state index contributed by atoms with van der Waals surface area (Å²) in [6.07, 6.45) is 3.53. The summed E-state index contributed by atoms with van der Waals surface area (Å²) in [5, 5.41) is 3.36. The molecule has 3 nitrogen and oxygen atoms in total. The first kappa shape index (κ1) is 10.9. The molecule has 0 bridgehead atoms. The van der Waals surface area contributed by atoms with Crippen LogP contribution in [0.2, 0.25) is 0 Å². The third-order valence-corrected chi connectivity index (χ3v) is 4.21. The van der Waals surface area contributed by atoms with Crippen molar-refractivity contribution >= 4 is 27.3 Å². The normalized spacial score (nSPS) is 10.8. The molecule has 0 saturated carbocycles. The molecule has 0 aliphatic carbocycles. The van der Waals surface area contributed by atoms with Crippen molar-refractivity contribution in [1.29, 1.82) is 0 Å². The number of aromatic amines is 1. The molecule has 80 valence electrons. The topological polar surface area (TPSA) is 40.7 Å². The lowest BCUT2D eigenvalue weighted by molar-refractivity contribution is 0.689. The molecule has 0 saturated heterocycles. The van der Waals surface area contributed by atoms with Crippen molar-refractivity contribution in [2.24, 2.45) is 0 Å². The van der Waals surface area contributed by atoms with E-state index < -0.39 is 0 Å². The summed E-state index contributed by atoms with van der Waals surface area (Å²) < 4.78 is 1.20. The van der Waals surface area contributed by atoms with Gasteiger partial charge in [0.2, 0.25) is 0 Å². The van der Waals surface area contributed by atoms with Crippen LogP contribution < -0.4 is 5.32 Å². The first-order chi connectivity index (χ1) is 7.25. The van der Waals surface area contributed by atoms with Gasteiger partial charge in [-0.1, -0.05) is 0 Å². The molecular weight excluding hydrogens is 274 g/mol. The Hall–Kier alpha value is -0.650. The number of hydrogen-bond acceptors (Lipinski definition) is 3. The van der Waals surface area contributed by atoms with E-state index in [9.17, 15) is 0 Å². The van der Waals surface area contributed by atoms with Gasteiger partial charge in [0, 0.05) is 39.2 Å². The van der Waals surface area contributed by atoms with Crippen LogP contribution in [0.15, 0.2) is 23.1 Å². The van der Waals surface area contributed by atoms with Gasteiger partial charge >= 0.3 is 0 Å². The highest BCUT2D eigenvalue weighted by molar-refractivity contribution is 9.10. The minimum absolute atomic E-state index is 0.828. The number of hydrogen-bond donors (Lipinski definition) is 2. The molecule has 2 aromatic rings. The fourth-order valence-corrected chi connectivity index (χ4v) is 2.88. The van der Waals surface area contributed by atoms with Crippen LogP contribution in [0.25, 0.3) is 0 Å². The van der Waals surface area contributed by atoms with Crippen molar-refractivity contribution in [3.8, 4) is 0 Å². The van der Waals surface area contributed by atoms with E-state index >= 15 is 0 Å². The second-order valence-electron chi connectivity index (χ2n) is 3.30. The molecule has 0 aliphatic rings. The summed E-state index contributed by atoms with van der Waals surface area (Å²) in [4.78, 5) is 9.70. The molecule has 5 heteroatoms. The highest BCUT2D eigenvalue weighted by Gasteiger charge is 2.02. The number of nitrogens with zero attached hydrogens (tertiary/aromatic N) is 1. The second kappa shape index (κ2) is 4.92. The Kier molecular flexibility index (Phi) is 3.56. The lowest BCUT2D eigenvalue weighted by Gasteiger charge is -1.99. The largest absolute Gasteiger partial charge is 0.347 e.